The molecule has 96 valence electrons. The fraction of sp³-hybridized carbons (Fsp3) is 0.462. The van der Waals surface area contributed by atoms with Crippen molar-refractivity contribution in [2.45, 2.75) is 24.5 Å². The van der Waals surface area contributed by atoms with Crippen LogP contribution in [0.25, 0.3) is 0 Å². The predicted molar refractivity (Wildman–Crippen MR) is 64.5 cm³/mol. The topological polar surface area (TPSA) is 70.0 Å². The van der Waals surface area contributed by atoms with Gasteiger partial charge < -0.3 is 14.9 Å². The number of fused-ring (bicyclic) bond motifs is 3. The van der Waals surface area contributed by atoms with E-state index < -0.39 is 11.6 Å². The Morgan fingerprint density at radius 3 is 3.00 bits per heavy atom. The molecule has 5 heteroatoms. The van der Waals surface area contributed by atoms with Gasteiger partial charge in [0.1, 0.15) is 5.75 Å². The minimum absolute atomic E-state index is 0.0973. The van der Waals surface area contributed by atoms with Crippen molar-refractivity contribution in [2.24, 2.45) is 0 Å². The largest absolute Gasteiger partial charge is 0.497 e. The lowest BCUT2D eigenvalue weighted by Gasteiger charge is -2.30. The molecule has 2 N–H and O–H groups in total. The van der Waals surface area contributed by atoms with Crippen molar-refractivity contribution in [3.05, 3.63) is 23.8 Å². The van der Waals surface area contributed by atoms with Gasteiger partial charge in [0.25, 0.3) is 0 Å². The number of rotatable bonds is 2. The Morgan fingerprint density at radius 2 is 2.33 bits per heavy atom. The van der Waals surface area contributed by atoms with E-state index in [1.54, 1.807) is 25.3 Å². The van der Waals surface area contributed by atoms with Crippen LogP contribution in [0.3, 0.4) is 0 Å². The Hall–Kier alpha value is -1.59. The molecule has 1 amide bonds. The first-order valence-corrected chi connectivity index (χ1v) is 5.96. The van der Waals surface area contributed by atoms with E-state index in [4.69, 9.17) is 4.74 Å². The molecule has 0 aromatic heterocycles. The van der Waals surface area contributed by atoms with Crippen molar-refractivity contribution < 1.29 is 19.7 Å². The van der Waals surface area contributed by atoms with Crippen LogP contribution in [0, 0.1) is 0 Å². The number of methoxy groups -OCH3 is 1. The molecule has 0 bridgehead atoms. The minimum Gasteiger partial charge on any atom is -0.497 e. The number of benzene rings is 1. The third-order valence-corrected chi connectivity index (χ3v) is 3.94. The monoisotopic (exact) mass is 249 g/mol. The van der Waals surface area contributed by atoms with Crippen LogP contribution >= 0.6 is 0 Å². The summed E-state index contributed by atoms with van der Waals surface area (Å²) >= 11 is 0. The number of carbonyl (C=O) groups is 1. The Balaban J connectivity index is 2.17. The molecule has 5 nitrogen and oxygen atoms in total. The number of nitrogens with zero attached hydrogens (tertiary/aromatic N) is 1. The summed E-state index contributed by atoms with van der Waals surface area (Å²) in [5, 5.41) is 20.2. The van der Waals surface area contributed by atoms with E-state index in [1.807, 2.05) is 0 Å². The Bertz CT molecular complexity index is 516. The molecule has 0 aliphatic carbocycles. The molecule has 1 fully saturated rings. The van der Waals surface area contributed by atoms with E-state index >= 15 is 0 Å². The molecule has 0 saturated carbocycles. The second kappa shape index (κ2) is 3.70. The van der Waals surface area contributed by atoms with Gasteiger partial charge in [0.2, 0.25) is 5.91 Å². The SMILES string of the molecule is COc1ccc2c(c1)[C@@H](CO)[C@]1(O)CCC(=O)N21. The molecule has 1 aromatic carbocycles. The van der Waals surface area contributed by atoms with E-state index in [-0.39, 0.29) is 12.5 Å². The number of carbonyl (C=O) groups excluding carboxylic acids is 1. The van der Waals surface area contributed by atoms with Crippen LogP contribution < -0.4 is 9.64 Å². The zero-order chi connectivity index (χ0) is 12.9. The van der Waals surface area contributed by atoms with Crippen LogP contribution in [-0.4, -0.2) is 35.6 Å². The van der Waals surface area contributed by atoms with Gasteiger partial charge in [-0.15, -0.1) is 0 Å². The molecule has 2 atom stereocenters. The summed E-state index contributed by atoms with van der Waals surface area (Å²) < 4.78 is 5.15. The van der Waals surface area contributed by atoms with Crippen LogP contribution in [0.4, 0.5) is 5.69 Å². The summed E-state index contributed by atoms with van der Waals surface area (Å²) in [7, 11) is 1.56. The van der Waals surface area contributed by atoms with Crippen molar-refractivity contribution in [2.75, 3.05) is 18.6 Å². The maximum atomic E-state index is 11.9. The summed E-state index contributed by atoms with van der Waals surface area (Å²) in [6.07, 6.45) is 0.673. The van der Waals surface area contributed by atoms with E-state index in [9.17, 15) is 15.0 Å². The quantitative estimate of drug-likeness (QED) is 0.805. The van der Waals surface area contributed by atoms with Gasteiger partial charge in [-0.05, 0) is 23.8 Å². The van der Waals surface area contributed by atoms with E-state index in [1.165, 1.54) is 4.90 Å². The number of aliphatic hydroxyl groups excluding tert-OH is 1. The summed E-state index contributed by atoms with van der Waals surface area (Å²) in [5.74, 6) is 0.0957. The van der Waals surface area contributed by atoms with Crippen LogP contribution in [-0.2, 0) is 4.79 Å². The number of ether oxygens (including phenoxy) is 1. The minimum atomic E-state index is -1.28. The van der Waals surface area contributed by atoms with Crippen molar-refractivity contribution in [1.29, 1.82) is 0 Å². The summed E-state index contributed by atoms with van der Waals surface area (Å²) in [4.78, 5) is 13.3. The second-order valence-electron chi connectivity index (χ2n) is 4.77. The van der Waals surface area contributed by atoms with Crippen molar-refractivity contribution in [3.8, 4) is 5.75 Å². The molecule has 2 aliphatic rings. The fourth-order valence-electron chi connectivity index (χ4n) is 3.04. The number of aliphatic hydroxyl groups is 2. The normalized spacial score (nSPS) is 29.4. The first kappa shape index (κ1) is 11.5. The molecule has 0 unspecified atom stereocenters. The highest BCUT2D eigenvalue weighted by atomic mass is 16.5. The summed E-state index contributed by atoms with van der Waals surface area (Å²) in [6, 6.07) is 5.29. The zero-order valence-corrected chi connectivity index (χ0v) is 10.1. The summed E-state index contributed by atoms with van der Waals surface area (Å²) in [5.41, 5.74) is 0.174. The van der Waals surface area contributed by atoms with E-state index in [0.29, 0.717) is 24.3 Å². The highest BCUT2D eigenvalue weighted by Gasteiger charge is 2.56. The third-order valence-electron chi connectivity index (χ3n) is 3.94. The molecule has 18 heavy (non-hydrogen) atoms. The first-order valence-electron chi connectivity index (χ1n) is 5.96. The van der Waals surface area contributed by atoms with Crippen molar-refractivity contribution >= 4 is 11.6 Å². The van der Waals surface area contributed by atoms with Gasteiger partial charge in [0.15, 0.2) is 5.72 Å². The molecule has 1 aromatic rings. The van der Waals surface area contributed by atoms with Crippen molar-refractivity contribution in [3.63, 3.8) is 0 Å². The lowest BCUT2D eigenvalue weighted by Crippen LogP contribution is -2.46. The maximum absolute atomic E-state index is 11.9. The molecule has 1 saturated heterocycles. The highest BCUT2D eigenvalue weighted by Crippen LogP contribution is 2.52. The third kappa shape index (κ3) is 1.26. The Kier molecular flexibility index (Phi) is 2.36. The second-order valence-corrected chi connectivity index (χ2v) is 4.77. The smallest absolute Gasteiger partial charge is 0.229 e. The van der Waals surface area contributed by atoms with Crippen molar-refractivity contribution in [1.82, 2.24) is 0 Å². The van der Waals surface area contributed by atoms with E-state index in [2.05, 4.69) is 0 Å². The highest BCUT2D eigenvalue weighted by molar-refractivity contribution is 6.00. The molecule has 0 radical (unpaired) electrons. The molecular weight excluding hydrogens is 234 g/mol. The maximum Gasteiger partial charge on any atom is 0.229 e. The fourth-order valence-corrected chi connectivity index (χ4v) is 3.04. The van der Waals surface area contributed by atoms with E-state index in [0.717, 1.165) is 5.56 Å². The number of hydrogen-bond acceptors (Lipinski definition) is 4. The van der Waals surface area contributed by atoms with Gasteiger partial charge in [-0.1, -0.05) is 0 Å². The molecular formula is C13H15NO4. The van der Waals surface area contributed by atoms with Crippen LogP contribution in [0.1, 0.15) is 24.3 Å². The molecule has 2 heterocycles. The van der Waals surface area contributed by atoms with Gasteiger partial charge in [0.05, 0.1) is 25.3 Å². The standard InChI is InChI=1S/C13H15NO4/c1-18-8-2-3-11-9(6-8)10(7-15)13(17)5-4-12(16)14(11)13/h2-3,6,10,15,17H,4-5,7H2,1H3/t10-,13-/m1/s1. The van der Waals surface area contributed by atoms with Gasteiger partial charge in [-0.25, -0.2) is 0 Å². The number of amides is 1. The Morgan fingerprint density at radius 1 is 1.56 bits per heavy atom. The van der Waals surface area contributed by atoms with Crippen LogP contribution in [0.5, 0.6) is 5.75 Å². The predicted octanol–water partition coefficient (Wildman–Crippen LogP) is 0.600. The average molecular weight is 249 g/mol. The molecule has 0 spiro atoms. The number of hydrogen-bond donors (Lipinski definition) is 2. The van der Waals surface area contributed by atoms with Crippen LogP contribution in [0.2, 0.25) is 0 Å². The summed E-state index contributed by atoms with van der Waals surface area (Å²) in [6.45, 7) is -0.194. The van der Waals surface area contributed by atoms with Gasteiger partial charge in [-0.3, -0.25) is 9.69 Å². The van der Waals surface area contributed by atoms with Gasteiger partial charge in [-0.2, -0.15) is 0 Å². The van der Waals surface area contributed by atoms with Gasteiger partial charge in [0, 0.05) is 12.8 Å². The first-order chi connectivity index (χ1) is 8.61. The zero-order valence-electron chi connectivity index (χ0n) is 10.1. The molecule has 3 rings (SSSR count). The number of anilines is 1. The Labute approximate surface area is 105 Å². The lowest BCUT2D eigenvalue weighted by atomic mass is 9.91. The average Bonchev–Trinajstić information content (AvgIpc) is 2.80. The molecule has 2 aliphatic heterocycles. The lowest BCUT2D eigenvalue weighted by molar-refractivity contribution is -0.118. The van der Waals surface area contributed by atoms with Crippen LogP contribution in [0.15, 0.2) is 18.2 Å². The van der Waals surface area contributed by atoms with Gasteiger partial charge >= 0.3 is 0 Å².